The molecule has 0 aliphatic heterocycles. The Bertz CT molecular complexity index is 863. The molecule has 0 atom stereocenters. The fourth-order valence-electron chi connectivity index (χ4n) is 2.73. The van der Waals surface area contributed by atoms with E-state index < -0.39 is 0 Å². The topological polar surface area (TPSA) is 58.1 Å². The van der Waals surface area contributed by atoms with Crippen LogP contribution in [0.3, 0.4) is 0 Å². The van der Waals surface area contributed by atoms with Crippen LogP contribution in [0.15, 0.2) is 66.7 Å². The summed E-state index contributed by atoms with van der Waals surface area (Å²) in [4.78, 5) is 14.3. The van der Waals surface area contributed by atoms with Crippen molar-refractivity contribution in [1.82, 2.24) is 15.5 Å². The molecular formula is C21H22N4O. The molecule has 0 aliphatic carbocycles. The Hall–Kier alpha value is -3.21. The summed E-state index contributed by atoms with van der Waals surface area (Å²) >= 11 is 0. The summed E-state index contributed by atoms with van der Waals surface area (Å²) in [5.74, 6) is 0.490. The predicted molar refractivity (Wildman–Crippen MR) is 104 cm³/mol. The molecule has 26 heavy (non-hydrogen) atoms. The number of carbonyl (C=O) groups excluding carboxylic acids is 1. The van der Waals surface area contributed by atoms with E-state index in [-0.39, 0.29) is 5.91 Å². The van der Waals surface area contributed by atoms with Gasteiger partial charge in [0.2, 0.25) is 0 Å². The second-order valence-corrected chi connectivity index (χ2v) is 6.03. The maximum atomic E-state index is 12.3. The third kappa shape index (κ3) is 4.25. The SMILES string of the molecule is CCN(c1cccc(C)c1)c1ccc(C(=O)NCc2ccccc2)nn1. The fraction of sp³-hybridized carbons (Fsp3) is 0.190. The minimum atomic E-state index is -0.230. The number of nitrogens with one attached hydrogen (secondary N) is 1. The van der Waals surface area contributed by atoms with Crippen LogP contribution in [-0.2, 0) is 6.54 Å². The fourth-order valence-corrected chi connectivity index (χ4v) is 2.73. The van der Waals surface area contributed by atoms with Crippen LogP contribution in [0.2, 0.25) is 0 Å². The van der Waals surface area contributed by atoms with Gasteiger partial charge >= 0.3 is 0 Å². The lowest BCUT2D eigenvalue weighted by atomic mass is 10.2. The van der Waals surface area contributed by atoms with Crippen molar-refractivity contribution in [3.63, 3.8) is 0 Å². The van der Waals surface area contributed by atoms with E-state index in [1.54, 1.807) is 6.07 Å². The van der Waals surface area contributed by atoms with Crippen LogP contribution in [0.5, 0.6) is 0 Å². The van der Waals surface area contributed by atoms with Crippen molar-refractivity contribution in [2.75, 3.05) is 11.4 Å². The number of rotatable bonds is 6. The highest BCUT2D eigenvalue weighted by molar-refractivity contribution is 5.92. The normalized spacial score (nSPS) is 10.4. The van der Waals surface area contributed by atoms with Gasteiger partial charge in [0.15, 0.2) is 11.5 Å². The van der Waals surface area contributed by atoms with Crippen LogP contribution in [0.25, 0.3) is 0 Å². The lowest BCUT2D eigenvalue weighted by Crippen LogP contribution is -2.25. The number of anilines is 2. The van der Waals surface area contributed by atoms with Crippen LogP contribution in [0.4, 0.5) is 11.5 Å². The Labute approximate surface area is 153 Å². The standard InChI is InChI=1S/C21H22N4O/c1-3-25(18-11-7-8-16(2)14-18)20-13-12-19(23-24-20)21(26)22-15-17-9-5-4-6-10-17/h4-14H,3,15H2,1-2H3,(H,22,26). The van der Waals surface area contributed by atoms with E-state index in [4.69, 9.17) is 0 Å². The molecule has 5 nitrogen and oxygen atoms in total. The maximum Gasteiger partial charge on any atom is 0.272 e. The zero-order chi connectivity index (χ0) is 18.4. The summed E-state index contributed by atoms with van der Waals surface area (Å²) in [5, 5.41) is 11.2. The van der Waals surface area contributed by atoms with E-state index in [0.717, 1.165) is 23.6 Å². The van der Waals surface area contributed by atoms with Gasteiger partial charge in [-0.2, -0.15) is 0 Å². The highest BCUT2D eigenvalue weighted by atomic mass is 16.1. The quantitative estimate of drug-likeness (QED) is 0.736. The zero-order valence-electron chi connectivity index (χ0n) is 15.0. The first kappa shape index (κ1) is 17.6. The molecule has 132 valence electrons. The minimum Gasteiger partial charge on any atom is -0.347 e. The second kappa shape index (κ2) is 8.25. The molecule has 0 saturated heterocycles. The molecule has 1 amide bonds. The Morgan fingerprint density at radius 2 is 1.81 bits per heavy atom. The lowest BCUT2D eigenvalue weighted by molar-refractivity contribution is 0.0945. The summed E-state index contributed by atoms with van der Waals surface area (Å²) in [6, 6.07) is 21.5. The van der Waals surface area contributed by atoms with Crippen molar-refractivity contribution in [2.24, 2.45) is 0 Å². The van der Waals surface area contributed by atoms with Crippen molar-refractivity contribution in [3.05, 3.63) is 83.6 Å². The van der Waals surface area contributed by atoms with E-state index in [1.165, 1.54) is 5.56 Å². The summed E-state index contributed by atoms with van der Waals surface area (Å²) in [5.41, 5.74) is 3.60. The summed E-state index contributed by atoms with van der Waals surface area (Å²) in [6.45, 7) is 5.35. The van der Waals surface area contributed by atoms with Gasteiger partial charge in [0.1, 0.15) is 0 Å². The molecule has 0 saturated carbocycles. The number of nitrogens with zero attached hydrogens (tertiary/aromatic N) is 3. The van der Waals surface area contributed by atoms with E-state index in [0.29, 0.717) is 12.2 Å². The predicted octanol–water partition coefficient (Wildman–Crippen LogP) is 3.87. The van der Waals surface area contributed by atoms with Crippen molar-refractivity contribution in [3.8, 4) is 0 Å². The second-order valence-electron chi connectivity index (χ2n) is 6.03. The first-order valence-electron chi connectivity index (χ1n) is 8.67. The van der Waals surface area contributed by atoms with Crippen LogP contribution >= 0.6 is 0 Å². The minimum absolute atomic E-state index is 0.230. The molecule has 0 radical (unpaired) electrons. The summed E-state index contributed by atoms with van der Waals surface area (Å²) < 4.78 is 0. The summed E-state index contributed by atoms with van der Waals surface area (Å²) in [6.07, 6.45) is 0. The van der Waals surface area contributed by atoms with Crippen molar-refractivity contribution < 1.29 is 4.79 Å². The smallest absolute Gasteiger partial charge is 0.272 e. The van der Waals surface area contributed by atoms with Gasteiger partial charge in [-0.15, -0.1) is 10.2 Å². The van der Waals surface area contributed by atoms with Gasteiger partial charge in [-0.05, 0) is 49.2 Å². The number of hydrogen-bond acceptors (Lipinski definition) is 4. The number of amides is 1. The molecule has 0 fully saturated rings. The molecule has 0 bridgehead atoms. The molecule has 1 heterocycles. The highest BCUT2D eigenvalue weighted by Gasteiger charge is 2.12. The van der Waals surface area contributed by atoms with Crippen LogP contribution in [-0.4, -0.2) is 22.6 Å². The number of aryl methyl sites for hydroxylation is 1. The molecule has 3 rings (SSSR count). The van der Waals surface area contributed by atoms with Crippen LogP contribution in [0.1, 0.15) is 28.5 Å². The molecule has 5 heteroatoms. The molecule has 0 unspecified atom stereocenters. The van der Waals surface area contributed by atoms with Gasteiger partial charge in [-0.25, -0.2) is 0 Å². The molecule has 3 aromatic rings. The number of hydrogen-bond donors (Lipinski definition) is 1. The molecule has 1 N–H and O–H groups in total. The van der Waals surface area contributed by atoms with Crippen molar-refractivity contribution in [1.29, 1.82) is 0 Å². The number of aromatic nitrogens is 2. The van der Waals surface area contributed by atoms with Crippen molar-refractivity contribution >= 4 is 17.4 Å². The average Bonchev–Trinajstić information content (AvgIpc) is 2.68. The summed E-state index contributed by atoms with van der Waals surface area (Å²) in [7, 11) is 0. The van der Waals surface area contributed by atoms with Crippen LogP contribution in [0, 0.1) is 6.92 Å². The first-order chi connectivity index (χ1) is 12.7. The Morgan fingerprint density at radius 1 is 1.00 bits per heavy atom. The van der Waals surface area contributed by atoms with Gasteiger partial charge < -0.3 is 10.2 Å². The third-order valence-corrected chi connectivity index (χ3v) is 4.09. The van der Waals surface area contributed by atoms with Gasteiger partial charge in [-0.1, -0.05) is 42.5 Å². The molecular weight excluding hydrogens is 324 g/mol. The largest absolute Gasteiger partial charge is 0.347 e. The highest BCUT2D eigenvalue weighted by Crippen LogP contribution is 2.23. The number of carbonyl (C=O) groups is 1. The van der Waals surface area contributed by atoms with Gasteiger partial charge in [0, 0.05) is 18.8 Å². The number of benzene rings is 2. The Morgan fingerprint density at radius 3 is 2.46 bits per heavy atom. The average molecular weight is 346 g/mol. The molecule has 0 spiro atoms. The Balaban J connectivity index is 1.70. The first-order valence-corrected chi connectivity index (χ1v) is 8.67. The van der Waals surface area contributed by atoms with Crippen LogP contribution < -0.4 is 10.2 Å². The third-order valence-electron chi connectivity index (χ3n) is 4.09. The molecule has 2 aromatic carbocycles. The van der Waals surface area contributed by atoms with Gasteiger partial charge in [0.25, 0.3) is 5.91 Å². The lowest BCUT2D eigenvalue weighted by Gasteiger charge is -2.22. The van der Waals surface area contributed by atoms with E-state index in [9.17, 15) is 4.79 Å². The van der Waals surface area contributed by atoms with Gasteiger partial charge in [-0.3, -0.25) is 4.79 Å². The van der Waals surface area contributed by atoms with Gasteiger partial charge in [0.05, 0.1) is 0 Å². The van der Waals surface area contributed by atoms with E-state index >= 15 is 0 Å². The Kier molecular flexibility index (Phi) is 5.59. The molecule has 1 aromatic heterocycles. The zero-order valence-corrected chi connectivity index (χ0v) is 15.0. The van der Waals surface area contributed by atoms with Crippen molar-refractivity contribution in [2.45, 2.75) is 20.4 Å². The monoisotopic (exact) mass is 346 g/mol. The maximum absolute atomic E-state index is 12.3. The van der Waals surface area contributed by atoms with E-state index in [1.807, 2.05) is 48.5 Å². The van der Waals surface area contributed by atoms with E-state index in [2.05, 4.69) is 46.4 Å². The molecule has 0 aliphatic rings.